The summed E-state index contributed by atoms with van der Waals surface area (Å²) < 4.78 is 5.08. The third kappa shape index (κ3) is 3.77. The van der Waals surface area contributed by atoms with Gasteiger partial charge in [-0.15, -0.1) is 0 Å². The van der Waals surface area contributed by atoms with E-state index in [4.69, 9.17) is 4.74 Å². The number of aromatic hydroxyl groups is 1. The number of para-hydroxylation sites is 1. The quantitative estimate of drug-likeness (QED) is 0.558. The van der Waals surface area contributed by atoms with Gasteiger partial charge in [0.25, 0.3) is 0 Å². The van der Waals surface area contributed by atoms with Gasteiger partial charge in [-0.2, -0.15) is 0 Å². The summed E-state index contributed by atoms with van der Waals surface area (Å²) in [5.74, 6) is 1.44. The zero-order valence-electron chi connectivity index (χ0n) is 11.4. The first-order valence-electron chi connectivity index (χ1n) is 6.64. The third-order valence-electron chi connectivity index (χ3n) is 2.97. The van der Waals surface area contributed by atoms with E-state index < -0.39 is 0 Å². The highest BCUT2D eigenvalue weighted by molar-refractivity contribution is 5.80. The van der Waals surface area contributed by atoms with Gasteiger partial charge in [-0.1, -0.05) is 12.1 Å². The van der Waals surface area contributed by atoms with Crippen LogP contribution in [-0.4, -0.2) is 30.8 Å². The molecule has 1 aliphatic carbocycles. The Labute approximate surface area is 113 Å². The van der Waals surface area contributed by atoms with Gasteiger partial charge in [-0.25, -0.2) is 4.99 Å². The number of nitrogens with one attached hydrogen (secondary N) is 2. The van der Waals surface area contributed by atoms with Crippen LogP contribution >= 0.6 is 0 Å². The Balaban J connectivity index is 2.05. The fourth-order valence-corrected chi connectivity index (χ4v) is 1.77. The van der Waals surface area contributed by atoms with Gasteiger partial charge in [0.05, 0.1) is 13.7 Å². The summed E-state index contributed by atoms with van der Waals surface area (Å²) in [5.41, 5.74) is 0.757. The van der Waals surface area contributed by atoms with Crippen LogP contribution < -0.4 is 15.4 Å². The minimum Gasteiger partial charge on any atom is -0.504 e. The van der Waals surface area contributed by atoms with Crippen molar-refractivity contribution in [2.45, 2.75) is 32.4 Å². The predicted molar refractivity (Wildman–Crippen MR) is 75.6 cm³/mol. The smallest absolute Gasteiger partial charge is 0.191 e. The van der Waals surface area contributed by atoms with E-state index in [-0.39, 0.29) is 5.75 Å². The molecule has 0 heterocycles. The lowest BCUT2D eigenvalue weighted by Gasteiger charge is -2.11. The molecule has 5 heteroatoms. The first-order valence-corrected chi connectivity index (χ1v) is 6.64. The van der Waals surface area contributed by atoms with E-state index in [1.165, 1.54) is 12.8 Å². The molecule has 5 nitrogen and oxygen atoms in total. The number of phenols is 1. The molecular weight excluding hydrogens is 242 g/mol. The number of hydrogen-bond donors (Lipinski definition) is 3. The number of methoxy groups -OCH3 is 1. The predicted octanol–water partition coefficient (Wildman–Crippen LogP) is 1.62. The number of aliphatic imine (C=N–C) groups is 1. The van der Waals surface area contributed by atoms with Gasteiger partial charge < -0.3 is 20.5 Å². The summed E-state index contributed by atoms with van der Waals surface area (Å²) in [7, 11) is 1.54. The van der Waals surface area contributed by atoms with E-state index in [9.17, 15) is 5.11 Å². The number of nitrogens with zero attached hydrogens (tertiary/aromatic N) is 1. The van der Waals surface area contributed by atoms with Crippen molar-refractivity contribution < 1.29 is 9.84 Å². The first kappa shape index (κ1) is 13.5. The molecule has 0 unspecified atom stereocenters. The molecule has 1 aliphatic rings. The van der Waals surface area contributed by atoms with Crippen LogP contribution in [0.25, 0.3) is 0 Å². The summed E-state index contributed by atoms with van der Waals surface area (Å²) in [4.78, 5) is 4.48. The van der Waals surface area contributed by atoms with Crippen molar-refractivity contribution in [1.82, 2.24) is 10.6 Å². The van der Waals surface area contributed by atoms with Gasteiger partial charge >= 0.3 is 0 Å². The number of benzene rings is 1. The number of ether oxygens (including phenoxy) is 1. The zero-order valence-corrected chi connectivity index (χ0v) is 11.4. The number of guanidine groups is 1. The molecule has 0 spiro atoms. The molecule has 0 saturated heterocycles. The summed E-state index contributed by atoms with van der Waals surface area (Å²) in [6.45, 7) is 3.28. The monoisotopic (exact) mass is 263 g/mol. The maximum Gasteiger partial charge on any atom is 0.191 e. The van der Waals surface area contributed by atoms with Crippen molar-refractivity contribution in [2.24, 2.45) is 4.99 Å². The normalized spacial score (nSPS) is 15.2. The molecule has 0 radical (unpaired) electrons. The summed E-state index contributed by atoms with van der Waals surface area (Å²) in [6, 6.07) is 5.99. The first-order chi connectivity index (χ1) is 9.24. The van der Waals surface area contributed by atoms with Crippen LogP contribution in [0.1, 0.15) is 25.3 Å². The highest BCUT2D eigenvalue weighted by Crippen LogP contribution is 2.29. The van der Waals surface area contributed by atoms with Crippen LogP contribution in [0.5, 0.6) is 11.5 Å². The van der Waals surface area contributed by atoms with E-state index >= 15 is 0 Å². The Hall–Kier alpha value is -1.91. The molecule has 1 fully saturated rings. The average molecular weight is 263 g/mol. The van der Waals surface area contributed by atoms with Crippen molar-refractivity contribution in [3.63, 3.8) is 0 Å². The molecule has 0 amide bonds. The van der Waals surface area contributed by atoms with E-state index in [1.54, 1.807) is 13.2 Å². The van der Waals surface area contributed by atoms with E-state index in [2.05, 4.69) is 15.6 Å². The van der Waals surface area contributed by atoms with Gasteiger partial charge in [-0.05, 0) is 25.8 Å². The van der Waals surface area contributed by atoms with Crippen molar-refractivity contribution >= 4 is 5.96 Å². The molecule has 2 rings (SSSR count). The highest BCUT2D eigenvalue weighted by atomic mass is 16.5. The maximum absolute atomic E-state index is 9.99. The fourth-order valence-electron chi connectivity index (χ4n) is 1.77. The Morgan fingerprint density at radius 3 is 2.89 bits per heavy atom. The SMILES string of the molecule is CCNC(=NCc1cccc(OC)c1O)NC1CC1. The lowest BCUT2D eigenvalue weighted by atomic mass is 10.2. The second kappa shape index (κ2) is 6.31. The Bertz CT molecular complexity index is 456. The van der Waals surface area contributed by atoms with Gasteiger partial charge in [0, 0.05) is 18.2 Å². The van der Waals surface area contributed by atoms with Gasteiger partial charge in [0.2, 0.25) is 0 Å². The van der Waals surface area contributed by atoms with E-state index in [0.717, 1.165) is 18.1 Å². The molecule has 0 bridgehead atoms. The lowest BCUT2D eigenvalue weighted by Crippen LogP contribution is -2.38. The van der Waals surface area contributed by atoms with Crippen LogP contribution in [0.15, 0.2) is 23.2 Å². The molecule has 1 aromatic carbocycles. The molecule has 1 aromatic rings. The largest absolute Gasteiger partial charge is 0.504 e. The molecule has 19 heavy (non-hydrogen) atoms. The fraction of sp³-hybridized carbons (Fsp3) is 0.500. The number of hydrogen-bond acceptors (Lipinski definition) is 3. The molecule has 0 atom stereocenters. The van der Waals surface area contributed by atoms with Crippen molar-refractivity contribution in [3.8, 4) is 11.5 Å². The lowest BCUT2D eigenvalue weighted by molar-refractivity contribution is 0.370. The molecule has 3 N–H and O–H groups in total. The minimum atomic E-state index is 0.163. The Morgan fingerprint density at radius 2 is 2.26 bits per heavy atom. The van der Waals surface area contributed by atoms with Crippen molar-refractivity contribution in [1.29, 1.82) is 0 Å². The van der Waals surface area contributed by atoms with Crippen molar-refractivity contribution in [2.75, 3.05) is 13.7 Å². The van der Waals surface area contributed by atoms with Crippen LogP contribution in [0.3, 0.4) is 0 Å². The van der Waals surface area contributed by atoms with Crippen LogP contribution in [0, 0.1) is 0 Å². The van der Waals surface area contributed by atoms with Crippen molar-refractivity contribution in [3.05, 3.63) is 23.8 Å². The zero-order chi connectivity index (χ0) is 13.7. The Kier molecular flexibility index (Phi) is 4.49. The summed E-state index contributed by atoms with van der Waals surface area (Å²) in [6.07, 6.45) is 2.41. The second-order valence-electron chi connectivity index (χ2n) is 4.58. The van der Waals surface area contributed by atoms with Gasteiger partial charge in [0.1, 0.15) is 0 Å². The molecule has 104 valence electrons. The third-order valence-corrected chi connectivity index (χ3v) is 2.97. The average Bonchev–Trinajstić information content (AvgIpc) is 3.21. The molecular formula is C14H21N3O2. The molecule has 0 aliphatic heterocycles. The minimum absolute atomic E-state index is 0.163. The van der Waals surface area contributed by atoms with Gasteiger partial charge in [-0.3, -0.25) is 0 Å². The van der Waals surface area contributed by atoms with Crippen LogP contribution in [-0.2, 0) is 6.54 Å². The number of rotatable bonds is 5. The number of phenolic OH excluding ortho intramolecular Hbond substituents is 1. The van der Waals surface area contributed by atoms with Gasteiger partial charge in [0.15, 0.2) is 17.5 Å². The summed E-state index contributed by atoms with van der Waals surface area (Å²) >= 11 is 0. The summed E-state index contributed by atoms with van der Waals surface area (Å²) in [5, 5.41) is 16.5. The van der Waals surface area contributed by atoms with E-state index in [0.29, 0.717) is 18.3 Å². The molecule has 1 saturated carbocycles. The second-order valence-corrected chi connectivity index (χ2v) is 4.58. The van der Waals surface area contributed by atoms with Crippen LogP contribution in [0.4, 0.5) is 0 Å². The standard InChI is InChI=1S/C14H21N3O2/c1-3-15-14(17-11-7-8-11)16-9-10-5-4-6-12(19-2)13(10)18/h4-6,11,18H,3,7-9H2,1-2H3,(H2,15,16,17). The van der Waals surface area contributed by atoms with Crippen LogP contribution in [0.2, 0.25) is 0 Å². The molecule has 0 aromatic heterocycles. The van der Waals surface area contributed by atoms with E-state index in [1.807, 2.05) is 19.1 Å². The highest BCUT2D eigenvalue weighted by Gasteiger charge is 2.22. The topological polar surface area (TPSA) is 65.9 Å². The maximum atomic E-state index is 9.99. The Morgan fingerprint density at radius 1 is 1.47 bits per heavy atom.